The summed E-state index contributed by atoms with van der Waals surface area (Å²) < 4.78 is 6.42. The molecule has 0 aliphatic carbocycles. The average molecular weight is 230 g/mol. The fourth-order valence-electron chi connectivity index (χ4n) is 1.50. The van der Waals surface area contributed by atoms with Gasteiger partial charge in [-0.3, -0.25) is 0 Å². The van der Waals surface area contributed by atoms with E-state index in [1.165, 1.54) is 25.7 Å². The maximum atomic E-state index is 6.42. The van der Waals surface area contributed by atoms with E-state index in [2.05, 4.69) is 47.7 Å². The van der Waals surface area contributed by atoms with Gasteiger partial charge in [-0.05, 0) is 31.0 Å². The van der Waals surface area contributed by atoms with Gasteiger partial charge in [0.2, 0.25) is 0 Å². The van der Waals surface area contributed by atoms with Gasteiger partial charge in [-0.1, -0.05) is 47.5 Å². The zero-order chi connectivity index (χ0) is 12.1. The minimum Gasteiger partial charge on any atom is -0.414 e. The molecule has 0 heterocycles. The molecule has 0 fully saturated rings. The second kappa shape index (κ2) is 6.05. The van der Waals surface area contributed by atoms with Gasteiger partial charge in [0.25, 0.3) is 0 Å². The van der Waals surface area contributed by atoms with Gasteiger partial charge in [-0.25, -0.2) is 0 Å². The van der Waals surface area contributed by atoms with E-state index in [9.17, 15) is 0 Å². The van der Waals surface area contributed by atoms with Crippen molar-refractivity contribution in [3.8, 4) is 0 Å². The number of rotatable bonds is 6. The summed E-state index contributed by atoms with van der Waals surface area (Å²) in [6.07, 6.45) is 5.42. The van der Waals surface area contributed by atoms with Crippen molar-refractivity contribution in [3.05, 3.63) is 0 Å². The Balaban J connectivity index is 4.37. The van der Waals surface area contributed by atoms with Crippen molar-refractivity contribution >= 4 is 8.32 Å². The first-order valence-corrected chi connectivity index (χ1v) is 9.33. The second-order valence-corrected chi connectivity index (χ2v) is 10.8. The SMILES string of the molecule is CCCC(CCC)O[Si](C)(C)C(C)(C)C. The summed E-state index contributed by atoms with van der Waals surface area (Å²) in [7, 11) is -1.54. The summed E-state index contributed by atoms with van der Waals surface area (Å²) in [6.45, 7) is 16.1. The van der Waals surface area contributed by atoms with Crippen LogP contribution in [0.4, 0.5) is 0 Å². The van der Waals surface area contributed by atoms with E-state index in [4.69, 9.17) is 4.43 Å². The van der Waals surface area contributed by atoms with Gasteiger partial charge in [0.05, 0.1) is 0 Å². The molecule has 0 bridgehead atoms. The molecule has 0 aliphatic heterocycles. The minimum absolute atomic E-state index is 0.340. The lowest BCUT2D eigenvalue weighted by Crippen LogP contribution is -2.43. The van der Waals surface area contributed by atoms with Crippen molar-refractivity contribution in [1.82, 2.24) is 0 Å². The lowest BCUT2D eigenvalue weighted by Gasteiger charge is -2.39. The maximum Gasteiger partial charge on any atom is 0.192 e. The zero-order valence-corrected chi connectivity index (χ0v) is 12.8. The highest BCUT2D eigenvalue weighted by Gasteiger charge is 2.38. The fraction of sp³-hybridized carbons (Fsp3) is 1.00. The Hall–Kier alpha value is 0.177. The highest BCUT2D eigenvalue weighted by atomic mass is 28.4. The Morgan fingerprint density at radius 3 is 1.67 bits per heavy atom. The van der Waals surface area contributed by atoms with Gasteiger partial charge in [-0.15, -0.1) is 0 Å². The van der Waals surface area contributed by atoms with Crippen LogP contribution < -0.4 is 0 Å². The first-order valence-electron chi connectivity index (χ1n) is 6.42. The molecule has 0 aromatic heterocycles. The molecule has 0 unspecified atom stereocenters. The van der Waals surface area contributed by atoms with Crippen molar-refractivity contribution in [1.29, 1.82) is 0 Å². The topological polar surface area (TPSA) is 9.23 Å². The highest BCUT2D eigenvalue weighted by Crippen LogP contribution is 2.38. The molecule has 92 valence electrons. The first kappa shape index (κ1) is 15.2. The monoisotopic (exact) mass is 230 g/mol. The maximum absolute atomic E-state index is 6.42. The molecule has 0 saturated carbocycles. The van der Waals surface area contributed by atoms with Crippen LogP contribution in [0.25, 0.3) is 0 Å². The molecule has 0 aliphatic rings. The summed E-state index contributed by atoms with van der Waals surface area (Å²) in [5, 5.41) is 0.340. The summed E-state index contributed by atoms with van der Waals surface area (Å²) in [5.74, 6) is 0. The van der Waals surface area contributed by atoms with Crippen LogP contribution in [0.1, 0.15) is 60.3 Å². The predicted molar refractivity (Wildman–Crippen MR) is 71.9 cm³/mol. The molecule has 0 atom stereocenters. The fourth-order valence-corrected chi connectivity index (χ4v) is 2.92. The molecule has 0 rings (SSSR count). The number of hydrogen-bond donors (Lipinski definition) is 0. The Kier molecular flexibility index (Phi) is 6.12. The Morgan fingerprint density at radius 2 is 1.40 bits per heavy atom. The largest absolute Gasteiger partial charge is 0.414 e. The van der Waals surface area contributed by atoms with Crippen molar-refractivity contribution in [2.75, 3.05) is 0 Å². The Morgan fingerprint density at radius 1 is 1.00 bits per heavy atom. The van der Waals surface area contributed by atoms with E-state index in [1.807, 2.05) is 0 Å². The van der Waals surface area contributed by atoms with E-state index in [1.54, 1.807) is 0 Å². The van der Waals surface area contributed by atoms with Gasteiger partial charge < -0.3 is 4.43 Å². The van der Waals surface area contributed by atoms with Crippen LogP contribution in [0.15, 0.2) is 0 Å². The van der Waals surface area contributed by atoms with Crippen LogP contribution in [0.2, 0.25) is 18.1 Å². The summed E-state index contributed by atoms with van der Waals surface area (Å²) >= 11 is 0. The quantitative estimate of drug-likeness (QED) is 0.585. The molecule has 0 aromatic rings. The summed E-state index contributed by atoms with van der Waals surface area (Å²) in [4.78, 5) is 0. The molecule has 1 nitrogen and oxygen atoms in total. The van der Waals surface area contributed by atoms with Crippen LogP contribution in [-0.2, 0) is 4.43 Å². The third-order valence-electron chi connectivity index (χ3n) is 3.49. The molecule has 0 radical (unpaired) electrons. The van der Waals surface area contributed by atoms with E-state index in [0.29, 0.717) is 11.1 Å². The normalized spacial score (nSPS) is 13.6. The van der Waals surface area contributed by atoms with Gasteiger partial charge in [-0.2, -0.15) is 0 Å². The smallest absolute Gasteiger partial charge is 0.192 e. The van der Waals surface area contributed by atoms with E-state index >= 15 is 0 Å². The van der Waals surface area contributed by atoms with Crippen LogP contribution in [0, 0.1) is 0 Å². The average Bonchev–Trinajstić information content (AvgIpc) is 2.02. The molecule has 0 amide bonds. The van der Waals surface area contributed by atoms with Crippen molar-refractivity contribution in [2.24, 2.45) is 0 Å². The zero-order valence-electron chi connectivity index (χ0n) is 11.8. The molecular formula is C13H30OSi. The van der Waals surface area contributed by atoms with Crippen molar-refractivity contribution < 1.29 is 4.43 Å². The van der Waals surface area contributed by atoms with Crippen molar-refractivity contribution in [3.63, 3.8) is 0 Å². The van der Waals surface area contributed by atoms with E-state index in [-0.39, 0.29) is 0 Å². The molecule has 0 spiro atoms. The van der Waals surface area contributed by atoms with Gasteiger partial charge >= 0.3 is 0 Å². The lowest BCUT2D eigenvalue weighted by molar-refractivity contribution is 0.159. The third-order valence-corrected chi connectivity index (χ3v) is 8.02. The molecule has 2 heteroatoms. The van der Waals surface area contributed by atoms with Crippen LogP contribution in [0.3, 0.4) is 0 Å². The second-order valence-electron chi connectivity index (χ2n) is 6.08. The Labute approximate surface area is 97.7 Å². The summed E-state index contributed by atoms with van der Waals surface area (Å²) in [5.41, 5.74) is 0. The predicted octanol–water partition coefficient (Wildman–Crippen LogP) is 4.98. The van der Waals surface area contributed by atoms with Gasteiger partial charge in [0, 0.05) is 6.10 Å². The molecule has 15 heavy (non-hydrogen) atoms. The van der Waals surface area contributed by atoms with Crippen LogP contribution in [-0.4, -0.2) is 14.4 Å². The van der Waals surface area contributed by atoms with Crippen LogP contribution in [0.5, 0.6) is 0 Å². The van der Waals surface area contributed by atoms with E-state index < -0.39 is 8.32 Å². The Bertz CT molecular complexity index is 164. The molecule has 0 aromatic carbocycles. The highest BCUT2D eigenvalue weighted by molar-refractivity contribution is 6.74. The molecular weight excluding hydrogens is 200 g/mol. The molecule has 0 N–H and O–H groups in total. The summed E-state index contributed by atoms with van der Waals surface area (Å²) in [6, 6.07) is 0. The van der Waals surface area contributed by atoms with Gasteiger partial charge in [0.15, 0.2) is 8.32 Å². The minimum atomic E-state index is -1.54. The lowest BCUT2D eigenvalue weighted by atomic mass is 10.1. The number of hydrogen-bond acceptors (Lipinski definition) is 1. The van der Waals surface area contributed by atoms with Crippen molar-refractivity contribution in [2.45, 2.75) is 84.5 Å². The standard InChI is InChI=1S/C13H30OSi/c1-8-10-12(11-9-2)14-15(6,7)13(3,4)5/h12H,8-11H2,1-7H3. The first-order chi connectivity index (χ1) is 6.74. The molecule has 0 saturated heterocycles. The van der Waals surface area contributed by atoms with Crippen LogP contribution >= 0.6 is 0 Å². The van der Waals surface area contributed by atoms with Gasteiger partial charge in [0.1, 0.15) is 0 Å². The third kappa shape index (κ3) is 5.16. The van der Waals surface area contributed by atoms with E-state index in [0.717, 1.165) is 0 Å².